The van der Waals surface area contributed by atoms with Gasteiger partial charge in [0, 0.05) is 59.4 Å². The van der Waals surface area contributed by atoms with E-state index in [0.717, 1.165) is 0 Å². The molecule has 2 aromatic rings. The lowest BCUT2D eigenvalue weighted by molar-refractivity contribution is -0.144. The quantitative estimate of drug-likeness (QED) is 0.0607. The lowest BCUT2D eigenvalue weighted by Crippen LogP contribution is -2.61. The number of ether oxygens (including phenoxy) is 1. The summed E-state index contributed by atoms with van der Waals surface area (Å²) in [5.74, 6) is 20.2. The van der Waals surface area contributed by atoms with Gasteiger partial charge in [0.05, 0.1) is 18.3 Å². The van der Waals surface area contributed by atoms with Crippen LogP contribution in [0.3, 0.4) is 0 Å². The van der Waals surface area contributed by atoms with Crippen LogP contribution in [-0.4, -0.2) is 104 Å². The fraction of sp³-hybridized carbons (Fsp3) is 0.467. The molecule has 0 spiro atoms. The summed E-state index contributed by atoms with van der Waals surface area (Å²) in [7, 11) is 1.24. The molecule has 2 aliphatic carbocycles. The molecule has 60 heavy (non-hydrogen) atoms. The van der Waals surface area contributed by atoms with Crippen molar-refractivity contribution in [3.63, 3.8) is 0 Å². The number of carbonyl (C=O) groups excluding carboxylic acids is 4. The van der Waals surface area contributed by atoms with E-state index in [2.05, 4.69) is 58.0 Å². The predicted molar refractivity (Wildman–Crippen MR) is 222 cm³/mol. The van der Waals surface area contributed by atoms with Crippen LogP contribution in [0, 0.1) is 59.2 Å². The molecule has 2 aromatic carbocycles. The molecule has 2 atom stereocenters. The summed E-state index contributed by atoms with van der Waals surface area (Å²) in [6.45, 7) is 6.55. The van der Waals surface area contributed by atoms with Crippen LogP contribution in [0.15, 0.2) is 48.5 Å². The minimum atomic E-state index is -1.12. The van der Waals surface area contributed by atoms with Crippen LogP contribution in [0.25, 0.3) is 0 Å². The third-order valence-corrected chi connectivity index (χ3v) is 9.88. The maximum atomic E-state index is 12.4. The molecule has 15 heteroatoms. The molecule has 0 radical (unpaired) electrons. The fourth-order valence-corrected chi connectivity index (χ4v) is 6.45. The predicted octanol–water partition coefficient (Wildman–Crippen LogP) is 0.480. The summed E-state index contributed by atoms with van der Waals surface area (Å²) in [6, 6.07) is 10.8. The van der Waals surface area contributed by atoms with E-state index in [0.29, 0.717) is 60.8 Å². The second kappa shape index (κ2) is 21.5. The highest BCUT2D eigenvalue weighted by Gasteiger charge is 2.42. The summed E-state index contributed by atoms with van der Waals surface area (Å²) in [6.07, 6.45) is 2.88. The second-order valence-corrected chi connectivity index (χ2v) is 16.4. The van der Waals surface area contributed by atoms with Crippen molar-refractivity contribution >= 4 is 23.7 Å². The van der Waals surface area contributed by atoms with E-state index in [1.165, 1.54) is 12.6 Å². The summed E-state index contributed by atoms with van der Waals surface area (Å²) in [5, 5.41) is 52.2. The minimum Gasteiger partial charge on any atom is -0.467 e. The molecule has 12 N–H and O–H groups in total. The van der Waals surface area contributed by atoms with E-state index in [9.17, 15) is 29.4 Å². The van der Waals surface area contributed by atoms with Crippen LogP contribution in [0.4, 0.5) is 0 Å². The molecule has 0 saturated heterocycles. The molecular weight excluding hydrogens is 771 g/mol. The number of rotatable bonds is 12. The molecule has 320 valence electrons. The minimum absolute atomic E-state index is 0.0861. The Morgan fingerprint density at radius 2 is 1.07 bits per heavy atom. The zero-order chi connectivity index (χ0) is 44.7. The number of esters is 1. The normalized spacial score (nSPS) is 21.1. The van der Waals surface area contributed by atoms with Crippen LogP contribution in [0.1, 0.15) is 98.1 Å². The molecule has 3 amide bonds. The Labute approximate surface area is 351 Å². The summed E-state index contributed by atoms with van der Waals surface area (Å²) in [5.41, 5.74) is 11.6. The number of nitrogens with one attached hydrogen (secondary N) is 3. The fourth-order valence-electron chi connectivity index (χ4n) is 6.45. The van der Waals surface area contributed by atoms with Crippen molar-refractivity contribution in [3.05, 3.63) is 70.8 Å². The van der Waals surface area contributed by atoms with E-state index in [1.54, 1.807) is 76.2 Å². The number of aliphatic hydroxyl groups is 4. The Morgan fingerprint density at radius 3 is 1.38 bits per heavy atom. The summed E-state index contributed by atoms with van der Waals surface area (Å²) < 4.78 is 4.71. The van der Waals surface area contributed by atoms with Crippen LogP contribution in [-0.2, 0) is 14.3 Å². The van der Waals surface area contributed by atoms with Crippen molar-refractivity contribution in [1.82, 2.24) is 16.1 Å². The molecule has 15 nitrogen and oxygen atoms in total. The number of amides is 3. The number of hydrogen-bond donors (Lipinski definition) is 10. The smallest absolute Gasteiger partial charge is 0.330 e. The molecule has 0 aliphatic heterocycles. The summed E-state index contributed by atoms with van der Waals surface area (Å²) >= 11 is 0. The highest BCUT2D eigenvalue weighted by molar-refractivity contribution is 5.98. The Morgan fingerprint density at radius 1 is 0.700 bits per heavy atom. The Balaban J connectivity index is 0.000000320. The first-order valence-corrected chi connectivity index (χ1v) is 19.2. The number of benzene rings is 2. The van der Waals surface area contributed by atoms with Gasteiger partial charge in [0.25, 0.3) is 17.7 Å². The van der Waals surface area contributed by atoms with E-state index >= 15 is 0 Å². The average molecular weight is 826 g/mol. The van der Waals surface area contributed by atoms with Gasteiger partial charge in [0.15, 0.2) is 0 Å². The lowest BCUT2D eigenvalue weighted by atomic mass is 9.70. The topological polar surface area (TPSA) is 267 Å². The van der Waals surface area contributed by atoms with Gasteiger partial charge < -0.3 is 47.3 Å². The Kier molecular flexibility index (Phi) is 17.4. The first kappa shape index (κ1) is 48.6. The van der Waals surface area contributed by atoms with E-state index in [4.69, 9.17) is 31.6 Å². The first-order chi connectivity index (χ1) is 28.2. The van der Waals surface area contributed by atoms with Crippen molar-refractivity contribution in [2.24, 2.45) is 23.3 Å². The number of methoxy groups -OCH3 is 1. The van der Waals surface area contributed by atoms with Gasteiger partial charge in [-0.25, -0.2) is 10.3 Å². The monoisotopic (exact) mass is 825 g/mol. The van der Waals surface area contributed by atoms with Gasteiger partial charge in [-0.15, -0.1) is 0 Å². The number of hydrogen-bond acceptors (Lipinski definition) is 12. The maximum absolute atomic E-state index is 12.4. The zero-order valence-electron chi connectivity index (χ0n) is 34.5. The number of nitrogens with two attached hydrogens (primary N) is 2. The second-order valence-electron chi connectivity index (χ2n) is 16.4. The Hall–Kier alpha value is -5.72. The average Bonchev–Trinajstić information content (AvgIpc) is 3.18. The van der Waals surface area contributed by atoms with Crippen molar-refractivity contribution in [2.45, 2.75) is 101 Å². The van der Waals surface area contributed by atoms with Crippen LogP contribution in [0.2, 0.25) is 0 Å². The molecule has 0 aromatic heterocycles. The standard InChI is InChI=1S/C23H28N2O5.C22H27N3O5/c1-22(2,24)19(21(28)30-3)25-20(27)18-10-8-16(9-11-18)7-5-4-6-12-23(29)13-17(14-23)15-26;1-21(2,23)18(20(28)25-30)24-19(27)17-9-7-15(8-10-17)6-4-3-5-11-22(29)12-16(13-22)14-26/h8-11,17,19,26,29H,12-15,24H2,1-3H3,(H,25,27);7-10,16,18,26,29-30H,11-14,23H2,1-2H3,(H,24,27)(H,25,28)/t17?,19-,23?;16?,18-,22?/m11/s1. The van der Waals surface area contributed by atoms with E-state index < -0.39 is 58.1 Å². The van der Waals surface area contributed by atoms with Gasteiger partial charge in [-0.1, -0.05) is 23.7 Å². The van der Waals surface area contributed by atoms with Gasteiger partial charge in [-0.2, -0.15) is 0 Å². The van der Waals surface area contributed by atoms with Crippen molar-refractivity contribution < 1.29 is 49.5 Å². The highest BCUT2D eigenvalue weighted by Crippen LogP contribution is 2.40. The third-order valence-electron chi connectivity index (χ3n) is 9.88. The summed E-state index contributed by atoms with van der Waals surface area (Å²) in [4.78, 5) is 48.5. The van der Waals surface area contributed by atoms with Crippen LogP contribution >= 0.6 is 0 Å². The molecule has 2 aliphatic rings. The van der Waals surface area contributed by atoms with Gasteiger partial charge in [-0.3, -0.25) is 19.6 Å². The number of aliphatic hydroxyl groups excluding tert-OH is 2. The molecule has 2 saturated carbocycles. The van der Waals surface area contributed by atoms with E-state index in [-0.39, 0.29) is 25.0 Å². The molecule has 0 unspecified atom stereocenters. The molecule has 0 bridgehead atoms. The molecule has 2 fully saturated rings. The van der Waals surface area contributed by atoms with Crippen LogP contribution < -0.4 is 27.6 Å². The SMILES string of the molecule is CC(C)(N)[C@H](NC(=O)c1ccc(C#CC#CCC2(O)CC(CO)C2)cc1)C(=O)NO.COC(=O)[C@@H](NC(=O)c1ccc(C#CC#CCC2(O)CC(CO)C2)cc1)C(C)(C)N. The largest absolute Gasteiger partial charge is 0.467 e. The van der Waals surface area contributed by atoms with Gasteiger partial charge in [0.2, 0.25) is 0 Å². The van der Waals surface area contributed by atoms with Gasteiger partial charge >= 0.3 is 5.97 Å². The zero-order valence-corrected chi connectivity index (χ0v) is 34.5. The third kappa shape index (κ3) is 14.8. The van der Waals surface area contributed by atoms with Gasteiger partial charge in [0.1, 0.15) is 12.1 Å². The number of hydroxylamine groups is 1. The van der Waals surface area contributed by atoms with Crippen molar-refractivity contribution in [2.75, 3.05) is 20.3 Å². The van der Waals surface area contributed by atoms with Crippen molar-refractivity contribution in [1.29, 1.82) is 0 Å². The van der Waals surface area contributed by atoms with Crippen molar-refractivity contribution in [3.8, 4) is 47.4 Å². The number of carbonyl (C=O) groups is 4. The molecular formula is C45H55N5O10. The van der Waals surface area contributed by atoms with E-state index in [1.807, 2.05) is 0 Å². The lowest BCUT2D eigenvalue weighted by Gasteiger charge is -2.41. The van der Waals surface area contributed by atoms with Crippen LogP contribution in [0.5, 0.6) is 0 Å². The first-order valence-electron chi connectivity index (χ1n) is 19.2. The molecule has 4 rings (SSSR count). The van der Waals surface area contributed by atoms with Gasteiger partial charge in [-0.05, 0) is 137 Å². The highest BCUT2D eigenvalue weighted by atomic mass is 16.5. The maximum Gasteiger partial charge on any atom is 0.330 e. The Bertz CT molecular complexity index is 1930. The molecule has 0 heterocycles.